The Morgan fingerprint density at radius 1 is 1.20 bits per heavy atom. The van der Waals surface area contributed by atoms with Gasteiger partial charge in [-0.05, 0) is 37.3 Å². The second-order valence-corrected chi connectivity index (χ2v) is 8.69. The molecule has 4 heterocycles. The zero-order chi connectivity index (χ0) is 24.7. The van der Waals surface area contributed by atoms with E-state index in [1.54, 1.807) is 12.3 Å². The molecule has 2 aromatic heterocycles. The third-order valence-corrected chi connectivity index (χ3v) is 6.35. The Hall–Kier alpha value is -3.50. The number of hydrogen-bond donors (Lipinski definition) is 2. The zero-order valence-corrected chi connectivity index (χ0v) is 18.8. The van der Waals surface area contributed by atoms with Gasteiger partial charge >= 0.3 is 6.18 Å². The third-order valence-electron chi connectivity index (χ3n) is 6.35. The molecule has 1 aromatic carbocycles. The largest absolute Gasteiger partial charge is 0.416 e. The van der Waals surface area contributed by atoms with Gasteiger partial charge in [-0.2, -0.15) is 13.2 Å². The topological polar surface area (TPSA) is 87.6 Å². The predicted molar refractivity (Wildman–Crippen MR) is 123 cm³/mol. The molecule has 2 N–H and O–H groups in total. The maximum Gasteiger partial charge on any atom is 0.416 e. The average Bonchev–Trinajstić information content (AvgIpc) is 2.84. The minimum atomic E-state index is -4.54. The van der Waals surface area contributed by atoms with Gasteiger partial charge in [-0.3, -0.25) is 14.8 Å². The van der Waals surface area contributed by atoms with Crippen LogP contribution in [0.3, 0.4) is 0 Å². The first-order chi connectivity index (χ1) is 16.7. The number of carbonyl (C=O) groups excluding carboxylic acids is 1. The summed E-state index contributed by atoms with van der Waals surface area (Å²) in [5.41, 5.74) is 2.96. The van der Waals surface area contributed by atoms with E-state index in [0.29, 0.717) is 48.8 Å². The molecule has 35 heavy (non-hydrogen) atoms. The minimum Gasteiger partial charge on any atom is -0.387 e. The Kier molecular flexibility index (Phi) is 5.94. The Morgan fingerprint density at radius 3 is 2.83 bits per heavy atom. The van der Waals surface area contributed by atoms with Crippen molar-refractivity contribution in [2.75, 3.05) is 30.0 Å². The lowest BCUT2D eigenvalue weighted by Crippen LogP contribution is -2.49. The second kappa shape index (κ2) is 8.94. The van der Waals surface area contributed by atoms with Gasteiger partial charge in [0.25, 0.3) is 5.91 Å². The third kappa shape index (κ3) is 4.59. The number of pyridine rings is 2. The molecule has 0 spiro atoms. The highest BCUT2D eigenvalue weighted by Gasteiger charge is 2.35. The number of morpholine rings is 1. The summed E-state index contributed by atoms with van der Waals surface area (Å²) in [5.74, 6) is -0.671. The number of rotatable bonds is 3. The summed E-state index contributed by atoms with van der Waals surface area (Å²) < 4.78 is 44.6. The molecule has 0 unspecified atom stereocenters. The summed E-state index contributed by atoms with van der Waals surface area (Å²) in [6.07, 6.45) is -1.55. The number of ether oxygens (including phenoxy) is 1. The molecule has 1 saturated heterocycles. The van der Waals surface area contributed by atoms with Crippen LogP contribution >= 0.6 is 0 Å². The lowest BCUT2D eigenvalue weighted by Gasteiger charge is -2.43. The summed E-state index contributed by atoms with van der Waals surface area (Å²) in [5, 5.41) is 13.2. The van der Waals surface area contributed by atoms with Crippen LogP contribution in [0.15, 0.2) is 48.8 Å². The molecule has 5 rings (SSSR count). The summed E-state index contributed by atoms with van der Waals surface area (Å²) in [4.78, 5) is 23.7. The average molecular weight is 484 g/mol. The van der Waals surface area contributed by atoms with Crippen LogP contribution in [0.2, 0.25) is 0 Å². The molecule has 0 saturated carbocycles. The smallest absolute Gasteiger partial charge is 0.387 e. The van der Waals surface area contributed by atoms with E-state index in [1.165, 1.54) is 18.3 Å². The van der Waals surface area contributed by atoms with Gasteiger partial charge in [0, 0.05) is 41.5 Å². The Balaban J connectivity index is 1.44. The molecule has 7 nitrogen and oxygen atoms in total. The molecule has 1 amide bonds. The van der Waals surface area contributed by atoms with Crippen molar-refractivity contribution in [3.8, 4) is 11.1 Å². The van der Waals surface area contributed by atoms with E-state index in [0.717, 1.165) is 23.4 Å². The number of fused-ring (bicyclic) bond motifs is 3. The number of hydrogen-bond acceptors (Lipinski definition) is 6. The van der Waals surface area contributed by atoms with Crippen molar-refractivity contribution in [1.29, 1.82) is 0 Å². The number of aryl methyl sites for hydroxylation is 1. The van der Waals surface area contributed by atoms with Gasteiger partial charge < -0.3 is 20.1 Å². The molecule has 10 heteroatoms. The lowest BCUT2D eigenvalue weighted by atomic mass is 9.94. The summed E-state index contributed by atoms with van der Waals surface area (Å²) in [7, 11) is 0. The fourth-order valence-electron chi connectivity index (χ4n) is 4.57. The molecule has 0 bridgehead atoms. The lowest BCUT2D eigenvalue weighted by molar-refractivity contribution is -0.137. The number of alkyl halides is 3. The van der Waals surface area contributed by atoms with Crippen molar-refractivity contribution in [1.82, 2.24) is 9.97 Å². The Bertz CT molecular complexity index is 1280. The molecule has 0 aliphatic carbocycles. The standard InChI is InChI=1S/C25H23F3N4O3/c1-14-20(16-8-21-23(30-11-16)22(33)10-19-13-35-6-5-32(19)21)9-18(12-29-14)31-24(34)15-3-2-4-17(7-15)25(26,27)28/h2-4,7-9,11-12,19,22,33H,5-6,10,13H2,1H3,(H,31,34)/t19-,22-/m1/s1. The van der Waals surface area contributed by atoms with Gasteiger partial charge in [0.2, 0.25) is 0 Å². The molecular formula is C25H23F3N4O3. The van der Waals surface area contributed by atoms with Gasteiger partial charge in [-0.1, -0.05) is 6.07 Å². The quantitative estimate of drug-likeness (QED) is 0.574. The number of benzene rings is 1. The number of aliphatic hydroxyl groups excluding tert-OH is 1. The van der Waals surface area contributed by atoms with Gasteiger partial charge in [-0.25, -0.2) is 0 Å². The van der Waals surface area contributed by atoms with Crippen molar-refractivity contribution in [2.45, 2.75) is 31.7 Å². The molecule has 3 aromatic rings. The van der Waals surface area contributed by atoms with E-state index in [1.807, 2.05) is 13.0 Å². The van der Waals surface area contributed by atoms with Crippen LogP contribution in [0.5, 0.6) is 0 Å². The van der Waals surface area contributed by atoms with E-state index in [9.17, 15) is 23.1 Å². The Labute approximate surface area is 199 Å². The van der Waals surface area contributed by atoms with Crippen LogP contribution in [0, 0.1) is 6.92 Å². The maximum atomic E-state index is 13.0. The monoisotopic (exact) mass is 484 g/mol. The van der Waals surface area contributed by atoms with Crippen LogP contribution in [0.25, 0.3) is 11.1 Å². The first-order valence-corrected chi connectivity index (χ1v) is 11.2. The van der Waals surface area contributed by atoms with E-state index in [-0.39, 0.29) is 11.6 Å². The van der Waals surface area contributed by atoms with Crippen LogP contribution < -0.4 is 10.2 Å². The molecule has 1 fully saturated rings. The highest BCUT2D eigenvalue weighted by atomic mass is 19.4. The zero-order valence-electron chi connectivity index (χ0n) is 18.8. The van der Waals surface area contributed by atoms with Crippen molar-refractivity contribution in [3.63, 3.8) is 0 Å². The SMILES string of the molecule is Cc1ncc(NC(=O)c2cccc(C(F)(F)F)c2)cc1-c1cnc2c(c1)N1CCOC[C@H]1C[C@H]2O. The summed E-state index contributed by atoms with van der Waals surface area (Å²) in [6.45, 7) is 3.64. The van der Waals surface area contributed by atoms with E-state index in [2.05, 4.69) is 20.2 Å². The fraction of sp³-hybridized carbons (Fsp3) is 0.320. The van der Waals surface area contributed by atoms with Crippen LogP contribution in [-0.2, 0) is 10.9 Å². The Morgan fingerprint density at radius 2 is 2.03 bits per heavy atom. The predicted octanol–water partition coefficient (Wildman–Crippen LogP) is 4.37. The van der Waals surface area contributed by atoms with Gasteiger partial charge in [0.05, 0.1) is 48.1 Å². The highest BCUT2D eigenvalue weighted by Crippen LogP contribution is 2.39. The van der Waals surface area contributed by atoms with Crippen LogP contribution in [0.4, 0.5) is 24.5 Å². The van der Waals surface area contributed by atoms with E-state index in [4.69, 9.17) is 4.74 Å². The number of aliphatic hydroxyl groups is 1. The molecule has 182 valence electrons. The number of halogens is 3. The van der Waals surface area contributed by atoms with Gasteiger partial charge in [0.15, 0.2) is 0 Å². The van der Waals surface area contributed by atoms with E-state index < -0.39 is 23.8 Å². The van der Waals surface area contributed by atoms with Crippen molar-refractivity contribution >= 4 is 17.3 Å². The van der Waals surface area contributed by atoms with Gasteiger partial charge in [-0.15, -0.1) is 0 Å². The molecule has 2 atom stereocenters. The second-order valence-electron chi connectivity index (χ2n) is 8.69. The van der Waals surface area contributed by atoms with Gasteiger partial charge in [0.1, 0.15) is 6.10 Å². The normalized spacial score (nSPS) is 19.6. The number of amides is 1. The first-order valence-electron chi connectivity index (χ1n) is 11.2. The minimum absolute atomic E-state index is 0.0700. The number of nitrogens with one attached hydrogen (secondary N) is 1. The maximum absolute atomic E-state index is 13.0. The summed E-state index contributed by atoms with van der Waals surface area (Å²) >= 11 is 0. The summed E-state index contributed by atoms with van der Waals surface area (Å²) in [6, 6.07) is 7.99. The fourth-order valence-corrected chi connectivity index (χ4v) is 4.57. The van der Waals surface area contributed by atoms with Crippen LogP contribution in [0.1, 0.15) is 39.8 Å². The number of aromatic nitrogens is 2. The number of anilines is 2. The molecular weight excluding hydrogens is 461 g/mol. The van der Waals surface area contributed by atoms with Crippen molar-refractivity contribution in [2.24, 2.45) is 0 Å². The first kappa shape index (κ1) is 23.3. The molecule has 0 radical (unpaired) electrons. The van der Waals surface area contributed by atoms with Crippen molar-refractivity contribution in [3.05, 3.63) is 71.3 Å². The highest BCUT2D eigenvalue weighted by molar-refractivity contribution is 6.04. The molecule has 2 aliphatic rings. The van der Waals surface area contributed by atoms with Crippen LogP contribution in [-0.4, -0.2) is 46.8 Å². The number of carbonyl (C=O) groups is 1. The van der Waals surface area contributed by atoms with Crippen molar-refractivity contribution < 1.29 is 27.8 Å². The molecule has 2 aliphatic heterocycles. The van der Waals surface area contributed by atoms with E-state index >= 15 is 0 Å². The number of nitrogens with zero attached hydrogens (tertiary/aromatic N) is 3.